The second-order valence-electron chi connectivity index (χ2n) is 4.57. The summed E-state index contributed by atoms with van der Waals surface area (Å²) < 4.78 is 10.4. The van der Waals surface area contributed by atoms with Gasteiger partial charge in [-0.2, -0.15) is 0 Å². The lowest BCUT2D eigenvalue weighted by Gasteiger charge is -2.10. The molecule has 0 aliphatic rings. The lowest BCUT2D eigenvalue weighted by molar-refractivity contribution is -0.115. The zero-order chi connectivity index (χ0) is 16.1. The summed E-state index contributed by atoms with van der Waals surface area (Å²) in [7, 11) is 3.11. The average Bonchev–Trinajstić information content (AvgIpc) is 2.45. The zero-order valence-electron chi connectivity index (χ0n) is 12.2. The molecule has 4 nitrogen and oxygen atoms in total. The van der Waals surface area contributed by atoms with E-state index in [0.29, 0.717) is 27.2 Å². The highest BCUT2D eigenvalue weighted by molar-refractivity contribution is 6.35. The molecule has 0 aromatic heterocycles. The first-order chi connectivity index (χ1) is 10.5. The molecule has 2 aromatic rings. The first kappa shape index (κ1) is 16.5. The van der Waals surface area contributed by atoms with Gasteiger partial charge in [0, 0.05) is 15.7 Å². The third-order valence-electron chi connectivity index (χ3n) is 2.96. The van der Waals surface area contributed by atoms with E-state index in [0.717, 1.165) is 5.56 Å². The van der Waals surface area contributed by atoms with E-state index in [-0.39, 0.29) is 12.3 Å². The van der Waals surface area contributed by atoms with Crippen LogP contribution in [0.1, 0.15) is 5.56 Å². The number of halogens is 2. The summed E-state index contributed by atoms with van der Waals surface area (Å²) in [6.07, 6.45) is 0.199. The van der Waals surface area contributed by atoms with Gasteiger partial charge in [0.05, 0.1) is 20.6 Å². The van der Waals surface area contributed by atoms with E-state index in [1.54, 1.807) is 44.6 Å². The van der Waals surface area contributed by atoms with Crippen LogP contribution in [0.15, 0.2) is 36.4 Å². The highest BCUT2D eigenvalue weighted by Crippen LogP contribution is 2.28. The second-order valence-corrected chi connectivity index (χ2v) is 5.45. The van der Waals surface area contributed by atoms with E-state index in [9.17, 15) is 4.79 Å². The van der Waals surface area contributed by atoms with Crippen molar-refractivity contribution in [1.29, 1.82) is 0 Å². The molecule has 6 heteroatoms. The number of anilines is 1. The van der Waals surface area contributed by atoms with Crippen LogP contribution in [0.25, 0.3) is 0 Å². The van der Waals surface area contributed by atoms with Crippen LogP contribution in [0, 0.1) is 0 Å². The molecule has 0 heterocycles. The van der Waals surface area contributed by atoms with E-state index in [1.165, 1.54) is 0 Å². The maximum absolute atomic E-state index is 12.1. The minimum absolute atomic E-state index is 0.175. The van der Waals surface area contributed by atoms with Gasteiger partial charge in [0.25, 0.3) is 0 Å². The summed E-state index contributed by atoms with van der Waals surface area (Å²) in [6.45, 7) is 0. The summed E-state index contributed by atoms with van der Waals surface area (Å²) in [5.41, 5.74) is 1.37. The molecule has 2 aromatic carbocycles. The molecule has 0 atom stereocenters. The molecule has 116 valence electrons. The van der Waals surface area contributed by atoms with Crippen LogP contribution in [-0.4, -0.2) is 20.1 Å². The van der Waals surface area contributed by atoms with E-state index >= 15 is 0 Å². The standard InChI is InChI=1S/C16H15Cl2NO3/c1-21-14-4-3-10(5-15(14)22-2)6-16(20)19-13-8-11(17)7-12(18)9-13/h3-5,7-9H,6H2,1-2H3,(H,19,20). The lowest BCUT2D eigenvalue weighted by Crippen LogP contribution is -2.14. The number of ether oxygens (including phenoxy) is 2. The van der Waals surface area contributed by atoms with E-state index in [1.807, 2.05) is 6.07 Å². The van der Waals surface area contributed by atoms with Crippen LogP contribution in [0.2, 0.25) is 10.0 Å². The van der Waals surface area contributed by atoms with Gasteiger partial charge in [0.1, 0.15) is 0 Å². The molecule has 22 heavy (non-hydrogen) atoms. The molecule has 0 spiro atoms. The molecule has 1 N–H and O–H groups in total. The van der Waals surface area contributed by atoms with Gasteiger partial charge >= 0.3 is 0 Å². The van der Waals surface area contributed by atoms with Gasteiger partial charge in [-0.05, 0) is 35.9 Å². The molecular formula is C16H15Cl2NO3. The van der Waals surface area contributed by atoms with E-state index in [2.05, 4.69) is 5.32 Å². The van der Waals surface area contributed by atoms with Gasteiger partial charge in [-0.15, -0.1) is 0 Å². The van der Waals surface area contributed by atoms with Crippen molar-refractivity contribution in [2.75, 3.05) is 19.5 Å². The monoisotopic (exact) mass is 339 g/mol. The SMILES string of the molecule is COc1ccc(CC(=O)Nc2cc(Cl)cc(Cl)c2)cc1OC. The summed E-state index contributed by atoms with van der Waals surface area (Å²) in [5, 5.41) is 3.69. The minimum atomic E-state index is -0.175. The summed E-state index contributed by atoms with van der Waals surface area (Å²) in [6, 6.07) is 10.2. The zero-order valence-corrected chi connectivity index (χ0v) is 13.7. The number of benzene rings is 2. The largest absolute Gasteiger partial charge is 0.493 e. The topological polar surface area (TPSA) is 47.6 Å². The molecule has 0 aliphatic carbocycles. The lowest BCUT2D eigenvalue weighted by atomic mass is 10.1. The first-order valence-corrected chi connectivity index (χ1v) is 7.24. The Morgan fingerprint density at radius 3 is 2.23 bits per heavy atom. The third-order valence-corrected chi connectivity index (χ3v) is 3.40. The van der Waals surface area contributed by atoms with Crippen LogP contribution >= 0.6 is 23.2 Å². The molecule has 1 amide bonds. The normalized spacial score (nSPS) is 10.2. The summed E-state index contributed by atoms with van der Waals surface area (Å²) >= 11 is 11.8. The molecule has 0 saturated carbocycles. The van der Waals surface area contributed by atoms with Gasteiger partial charge in [0.15, 0.2) is 11.5 Å². The second kappa shape index (κ2) is 7.38. The molecule has 0 aliphatic heterocycles. The predicted octanol–water partition coefficient (Wildman–Crippen LogP) is 4.19. The van der Waals surface area contributed by atoms with Gasteiger partial charge in [-0.25, -0.2) is 0 Å². The van der Waals surface area contributed by atoms with Crippen molar-refractivity contribution in [2.24, 2.45) is 0 Å². The van der Waals surface area contributed by atoms with Gasteiger partial charge in [0.2, 0.25) is 5.91 Å². The average molecular weight is 340 g/mol. The fraction of sp³-hybridized carbons (Fsp3) is 0.188. The van der Waals surface area contributed by atoms with Crippen LogP contribution in [-0.2, 0) is 11.2 Å². The molecule has 0 bridgehead atoms. The van der Waals surface area contributed by atoms with Crippen LogP contribution in [0.3, 0.4) is 0 Å². The number of methoxy groups -OCH3 is 2. The molecule has 0 fully saturated rings. The predicted molar refractivity (Wildman–Crippen MR) is 88.3 cm³/mol. The minimum Gasteiger partial charge on any atom is -0.493 e. The molecular weight excluding hydrogens is 325 g/mol. The quantitative estimate of drug-likeness (QED) is 0.888. The van der Waals surface area contributed by atoms with Crippen molar-refractivity contribution < 1.29 is 14.3 Å². The number of rotatable bonds is 5. The van der Waals surface area contributed by atoms with E-state index < -0.39 is 0 Å². The Morgan fingerprint density at radius 1 is 1.00 bits per heavy atom. The highest BCUT2D eigenvalue weighted by Gasteiger charge is 2.09. The van der Waals surface area contributed by atoms with Gasteiger partial charge < -0.3 is 14.8 Å². The first-order valence-electron chi connectivity index (χ1n) is 6.48. The fourth-order valence-corrected chi connectivity index (χ4v) is 2.53. The molecule has 0 saturated heterocycles. The van der Waals surface area contributed by atoms with Crippen molar-refractivity contribution in [3.05, 3.63) is 52.0 Å². The number of nitrogens with one attached hydrogen (secondary N) is 1. The Hall–Kier alpha value is -1.91. The van der Waals surface area contributed by atoms with Crippen molar-refractivity contribution in [3.63, 3.8) is 0 Å². The number of amides is 1. The van der Waals surface area contributed by atoms with Crippen molar-refractivity contribution in [2.45, 2.75) is 6.42 Å². The van der Waals surface area contributed by atoms with Crippen LogP contribution in [0.5, 0.6) is 11.5 Å². The Bertz CT molecular complexity index is 669. The Morgan fingerprint density at radius 2 is 1.64 bits per heavy atom. The summed E-state index contributed by atoms with van der Waals surface area (Å²) in [5.74, 6) is 1.03. The smallest absolute Gasteiger partial charge is 0.228 e. The summed E-state index contributed by atoms with van der Waals surface area (Å²) in [4.78, 5) is 12.1. The van der Waals surface area contributed by atoms with Crippen molar-refractivity contribution in [1.82, 2.24) is 0 Å². The number of carbonyl (C=O) groups excluding carboxylic acids is 1. The number of carbonyl (C=O) groups is 1. The Kier molecular flexibility index (Phi) is 5.52. The van der Waals surface area contributed by atoms with Crippen molar-refractivity contribution in [3.8, 4) is 11.5 Å². The van der Waals surface area contributed by atoms with Crippen LogP contribution in [0.4, 0.5) is 5.69 Å². The maximum Gasteiger partial charge on any atom is 0.228 e. The fourth-order valence-electron chi connectivity index (χ4n) is 2.01. The highest BCUT2D eigenvalue weighted by atomic mass is 35.5. The van der Waals surface area contributed by atoms with Gasteiger partial charge in [-0.3, -0.25) is 4.79 Å². The third kappa shape index (κ3) is 4.29. The Balaban J connectivity index is 2.08. The van der Waals surface area contributed by atoms with Crippen molar-refractivity contribution >= 4 is 34.8 Å². The number of hydrogen-bond acceptors (Lipinski definition) is 3. The molecule has 0 unspecified atom stereocenters. The van der Waals surface area contributed by atoms with Gasteiger partial charge in [-0.1, -0.05) is 29.3 Å². The number of hydrogen-bond donors (Lipinski definition) is 1. The van der Waals surface area contributed by atoms with E-state index in [4.69, 9.17) is 32.7 Å². The molecule has 2 rings (SSSR count). The van der Waals surface area contributed by atoms with Crippen LogP contribution < -0.4 is 14.8 Å². The Labute approximate surface area is 138 Å². The maximum atomic E-state index is 12.1. The molecule has 0 radical (unpaired) electrons.